The molecule has 0 aliphatic rings. The van der Waals surface area contributed by atoms with Crippen molar-refractivity contribution in [2.75, 3.05) is 0 Å². The fourth-order valence-corrected chi connectivity index (χ4v) is 1.00. The predicted octanol–water partition coefficient (Wildman–Crippen LogP) is -1.19. The standard InChI is InChI=1S/C7H8N6O/c8-3-5-11-4-13(12-5)6-7(14)10-2-1-9-6/h1-2,4H,3,8H2,(H,10,14). The van der Waals surface area contributed by atoms with Gasteiger partial charge in [-0.15, -0.1) is 5.10 Å². The molecule has 0 aliphatic heterocycles. The van der Waals surface area contributed by atoms with Gasteiger partial charge in [0.1, 0.15) is 6.33 Å². The Hall–Kier alpha value is -2.02. The van der Waals surface area contributed by atoms with Gasteiger partial charge in [-0.1, -0.05) is 0 Å². The maximum absolute atomic E-state index is 11.3. The summed E-state index contributed by atoms with van der Waals surface area (Å²) in [5.41, 5.74) is 5.02. The Morgan fingerprint density at radius 1 is 1.50 bits per heavy atom. The van der Waals surface area contributed by atoms with Crippen LogP contribution in [-0.2, 0) is 6.54 Å². The molecular weight excluding hydrogens is 184 g/mol. The predicted molar refractivity (Wildman–Crippen MR) is 47.7 cm³/mol. The Balaban J connectivity index is 2.50. The molecule has 7 nitrogen and oxygen atoms in total. The number of nitrogens with two attached hydrogens (primary N) is 1. The van der Waals surface area contributed by atoms with E-state index in [1.54, 1.807) is 0 Å². The van der Waals surface area contributed by atoms with Crippen LogP contribution in [0.25, 0.3) is 5.82 Å². The van der Waals surface area contributed by atoms with Crippen LogP contribution in [-0.4, -0.2) is 24.7 Å². The van der Waals surface area contributed by atoms with Crippen LogP contribution in [0.2, 0.25) is 0 Å². The molecule has 7 heteroatoms. The summed E-state index contributed by atoms with van der Waals surface area (Å²) in [5, 5.41) is 3.96. The van der Waals surface area contributed by atoms with Gasteiger partial charge >= 0.3 is 0 Å². The third-order valence-corrected chi connectivity index (χ3v) is 1.63. The van der Waals surface area contributed by atoms with E-state index in [0.29, 0.717) is 5.82 Å². The lowest BCUT2D eigenvalue weighted by molar-refractivity contribution is 0.793. The summed E-state index contributed by atoms with van der Waals surface area (Å²) in [6, 6.07) is 0. The lowest BCUT2D eigenvalue weighted by atomic mass is 10.6. The van der Waals surface area contributed by atoms with Crippen molar-refractivity contribution in [3.05, 3.63) is 34.9 Å². The maximum atomic E-state index is 11.3. The molecule has 2 aromatic rings. The summed E-state index contributed by atoms with van der Waals surface area (Å²) in [7, 11) is 0. The summed E-state index contributed by atoms with van der Waals surface area (Å²) in [6.07, 6.45) is 4.33. The third kappa shape index (κ3) is 1.40. The van der Waals surface area contributed by atoms with Crippen molar-refractivity contribution in [2.24, 2.45) is 5.73 Å². The van der Waals surface area contributed by atoms with Gasteiger partial charge in [0.25, 0.3) is 5.56 Å². The zero-order chi connectivity index (χ0) is 9.97. The fourth-order valence-electron chi connectivity index (χ4n) is 1.00. The van der Waals surface area contributed by atoms with Crippen LogP contribution in [0.4, 0.5) is 0 Å². The first kappa shape index (κ1) is 8.57. The van der Waals surface area contributed by atoms with Gasteiger partial charge in [-0.25, -0.2) is 9.97 Å². The number of aromatic nitrogens is 5. The van der Waals surface area contributed by atoms with Gasteiger partial charge in [-0.2, -0.15) is 4.68 Å². The minimum Gasteiger partial charge on any atom is -0.324 e. The first-order valence-corrected chi connectivity index (χ1v) is 3.96. The second kappa shape index (κ2) is 3.38. The van der Waals surface area contributed by atoms with Gasteiger partial charge in [-0.3, -0.25) is 4.79 Å². The van der Waals surface area contributed by atoms with Crippen molar-refractivity contribution in [2.45, 2.75) is 6.54 Å². The van der Waals surface area contributed by atoms with Crippen LogP contribution in [0.15, 0.2) is 23.5 Å². The number of rotatable bonds is 2. The van der Waals surface area contributed by atoms with Crippen molar-refractivity contribution >= 4 is 0 Å². The molecule has 0 saturated carbocycles. The van der Waals surface area contributed by atoms with Crippen molar-refractivity contribution < 1.29 is 0 Å². The highest BCUT2D eigenvalue weighted by molar-refractivity contribution is 5.14. The maximum Gasteiger partial charge on any atom is 0.293 e. The molecule has 0 radical (unpaired) electrons. The van der Waals surface area contributed by atoms with Crippen molar-refractivity contribution in [1.82, 2.24) is 24.7 Å². The largest absolute Gasteiger partial charge is 0.324 e. The third-order valence-electron chi connectivity index (χ3n) is 1.63. The highest BCUT2D eigenvalue weighted by atomic mass is 16.1. The fraction of sp³-hybridized carbons (Fsp3) is 0.143. The number of H-pyrrole nitrogens is 1. The monoisotopic (exact) mass is 192 g/mol. The molecule has 2 rings (SSSR count). The summed E-state index contributed by atoms with van der Waals surface area (Å²) in [6.45, 7) is 0.234. The quantitative estimate of drug-likeness (QED) is 0.622. The van der Waals surface area contributed by atoms with E-state index in [1.165, 1.54) is 23.4 Å². The van der Waals surface area contributed by atoms with Gasteiger partial charge in [0.15, 0.2) is 5.82 Å². The molecule has 0 saturated heterocycles. The van der Waals surface area contributed by atoms with Gasteiger partial charge < -0.3 is 10.7 Å². The molecule has 3 N–H and O–H groups in total. The molecule has 72 valence electrons. The molecule has 0 bridgehead atoms. The normalized spacial score (nSPS) is 10.4. The molecule has 0 spiro atoms. The highest BCUT2D eigenvalue weighted by Crippen LogP contribution is 1.93. The summed E-state index contributed by atoms with van der Waals surface area (Å²) < 4.78 is 1.29. The summed E-state index contributed by atoms with van der Waals surface area (Å²) in [4.78, 5) is 21.5. The van der Waals surface area contributed by atoms with E-state index in [2.05, 4.69) is 20.1 Å². The van der Waals surface area contributed by atoms with Crippen LogP contribution in [0.5, 0.6) is 0 Å². The van der Waals surface area contributed by atoms with E-state index in [-0.39, 0.29) is 17.9 Å². The molecule has 0 aliphatic carbocycles. The van der Waals surface area contributed by atoms with Crippen molar-refractivity contribution in [1.29, 1.82) is 0 Å². The Morgan fingerprint density at radius 2 is 2.36 bits per heavy atom. The zero-order valence-electron chi connectivity index (χ0n) is 7.21. The van der Waals surface area contributed by atoms with Crippen LogP contribution in [0, 0.1) is 0 Å². The van der Waals surface area contributed by atoms with E-state index in [0.717, 1.165) is 0 Å². The molecule has 0 aromatic carbocycles. The molecule has 14 heavy (non-hydrogen) atoms. The van der Waals surface area contributed by atoms with E-state index in [9.17, 15) is 4.79 Å². The minimum absolute atomic E-state index is 0.180. The van der Waals surface area contributed by atoms with E-state index in [1.807, 2.05) is 0 Å². The molecule has 0 unspecified atom stereocenters. The van der Waals surface area contributed by atoms with Crippen LogP contribution >= 0.6 is 0 Å². The van der Waals surface area contributed by atoms with Gasteiger partial charge in [0.2, 0.25) is 5.82 Å². The van der Waals surface area contributed by atoms with Gasteiger partial charge in [-0.05, 0) is 0 Å². The van der Waals surface area contributed by atoms with E-state index >= 15 is 0 Å². The minimum atomic E-state index is -0.319. The van der Waals surface area contributed by atoms with Crippen LogP contribution in [0.3, 0.4) is 0 Å². The first-order valence-electron chi connectivity index (χ1n) is 3.96. The Bertz CT molecular complexity index is 487. The van der Waals surface area contributed by atoms with Gasteiger partial charge in [0, 0.05) is 12.4 Å². The number of nitrogens with zero attached hydrogens (tertiary/aromatic N) is 4. The van der Waals surface area contributed by atoms with E-state index in [4.69, 9.17) is 5.73 Å². The second-order valence-electron chi connectivity index (χ2n) is 2.55. The van der Waals surface area contributed by atoms with E-state index < -0.39 is 0 Å². The molecule has 0 amide bonds. The topological polar surface area (TPSA) is 102 Å². The number of hydrogen-bond acceptors (Lipinski definition) is 5. The molecular formula is C7H8N6O. The Morgan fingerprint density at radius 3 is 3.00 bits per heavy atom. The summed E-state index contributed by atoms with van der Waals surface area (Å²) >= 11 is 0. The number of hydrogen-bond donors (Lipinski definition) is 2. The first-order chi connectivity index (χ1) is 6.81. The highest BCUT2D eigenvalue weighted by Gasteiger charge is 2.05. The smallest absolute Gasteiger partial charge is 0.293 e. The molecule has 0 atom stereocenters. The van der Waals surface area contributed by atoms with Crippen LogP contribution < -0.4 is 11.3 Å². The zero-order valence-corrected chi connectivity index (χ0v) is 7.21. The lowest BCUT2D eigenvalue weighted by Gasteiger charge is -1.95. The SMILES string of the molecule is NCc1ncn(-c2ncc[nH]c2=O)n1. The average molecular weight is 192 g/mol. The Labute approximate surface area is 78.6 Å². The van der Waals surface area contributed by atoms with Gasteiger partial charge in [0.05, 0.1) is 6.54 Å². The lowest BCUT2D eigenvalue weighted by Crippen LogP contribution is -2.16. The molecule has 2 aromatic heterocycles. The number of nitrogens with one attached hydrogen (secondary N) is 1. The Kier molecular flexibility index (Phi) is 2.07. The molecule has 2 heterocycles. The van der Waals surface area contributed by atoms with Crippen molar-refractivity contribution in [3.63, 3.8) is 0 Å². The van der Waals surface area contributed by atoms with Crippen LogP contribution in [0.1, 0.15) is 5.82 Å². The summed E-state index contributed by atoms with van der Waals surface area (Å²) in [5.74, 6) is 0.648. The average Bonchev–Trinajstić information content (AvgIpc) is 2.67. The second-order valence-corrected chi connectivity index (χ2v) is 2.55. The van der Waals surface area contributed by atoms with Crippen molar-refractivity contribution in [3.8, 4) is 5.82 Å². The molecule has 0 fully saturated rings. The number of aromatic amines is 1.